The predicted octanol–water partition coefficient (Wildman–Crippen LogP) is 13.4. The summed E-state index contributed by atoms with van der Waals surface area (Å²) in [6.07, 6.45) is 0. The summed E-state index contributed by atoms with van der Waals surface area (Å²) < 4.78 is 8.88. The Morgan fingerprint density at radius 1 is 0.404 bits per heavy atom. The molecule has 2 nitrogen and oxygen atoms in total. The third kappa shape index (κ3) is 4.17. The minimum absolute atomic E-state index is 0.921. The average molecular weight is 618 g/mol. The summed E-state index contributed by atoms with van der Waals surface area (Å²) in [6, 6.07) is 59.1. The van der Waals surface area contributed by atoms with Crippen LogP contribution >= 0.6 is 11.3 Å². The fraction of sp³-hybridized carbons (Fsp3) is 0. The lowest BCUT2D eigenvalue weighted by molar-refractivity contribution is 0.669. The van der Waals surface area contributed by atoms with Crippen LogP contribution in [0.1, 0.15) is 0 Å². The molecule has 0 amide bonds. The maximum Gasteiger partial charge on any atom is 0.136 e. The lowest BCUT2D eigenvalue weighted by atomic mass is 9.98. The van der Waals surface area contributed by atoms with E-state index in [2.05, 4.69) is 157 Å². The van der Waals surface area contributed by atoms with E-state index in [1.807, 2.05) is 23.5 Å². The summed E-state index contributed by atoms with van der Waals surface area (Å²) in [5.41, 5.74) is 7.70. The number of para-hydroxylation sites is 2. The molecule has 0 fully saturated rings. The van der Waals surface area contributed by atoms with Gasteiger partial charge in [-0.25, -0.2) is 0 Å². The van der Waals surface area contributed by atoms with Crippen LogP contribution in [0.4, 0.5) is 17.1 Å². The zero-order valence-corrected chi connectivity index (χ0v) is 26.2. The van der Waals surface area contributed by atoms with Gasteiger partial charge in [0.1, 0.15) is 11.2 Å². The lowest BCUT2D eigenvalue weighted by Crippen LogP contribution is -2.09. The third-order valence-corrected chi connectivity index (χ3v) is 10.7. The van der Waals surface area contributed by atoms with Gasteiger partial charge in [-0.1, -0.05) is 103 Å². The Hall–Kier alpha value is -5.90. The number of hydrogen-bond donors (Lipinski definition) is 0. The number of fused-ring (bicyclic) bond motifs is 9. The summed E-state index contributed by atoms with van der Waals surface area (Å²) in [5.74, 6) is 0. The second-order valence-electron chi connectivity index (χ2n) is 12.1. The molecule has 2 aromatic heterocycles. The van der Waals surface area contributed by atoms with Crippen LogP contribution in [0.2, 0.25) is 0 Å². The van der Waals surface area contributed by atoms with Gasteiger partial charge in [-0.2, -0.15) is 0 Å². The Labute approximate surface area is 275 Å². The number of thiophene rings is 1. The molecule has 8 aromatic carbocycles. The molecule has 0 saturated carbocycles. The topological polar surface area (TPSA) is 16.4 Å². The summed E-state index contributed by atoms with van der Waals surface area (Å²) in [5, 5.41) is 9.78. The molecular weight excluding hydrogens is 591 g/mol. The van der Waals surface area contributed by atoms with Gasteiger partial charge in [0, 0.05) is 48.0 Å². The standard InChI is InChI=1S/C44H27NOS/c1-2-9-31(10-3-1)45(32-22-19-28(20-23-32)34-13-8-14-37-36-12-5-7-16-43(36)47-44(34)37)33-24-21-29-17-18-30-25-42-40(27-39(30)38(29)26-33)35-11-4-6-15-41(35)46-42/h1-27H. The molecule has 220 valence electrons. The van der Waals surface area contributed by atoms with Crippen LogP contribution in [0.5, 0.6) is 0 Å². The van der Waals surface area contributed by atoms with Crippen LogP contribution in [0.15, 0.2) is 168 Å². The second kappa shape index (κ2) is 10.3. The third-order valence-electron chi connectivity index (χ3n) is 9.43. The zero-order chi connectivity index (χ0) is 30.9. The summed E-state index contributed by atoms with van der Waals surface area (Å²) >= 11 is 1.87. The minimum atomic E-state index is 0.921. The molecule has 2 heterocycles. The molecule has 3 heteroatoms. The van der Waals surface area contributed by atoms with Crippen molar-refractivity contribution in [2.24, 2.45) is 0 Å². The highest BCUT2D eigenvalue weighted by molar-refractivity contribution is 7.26. The van der Waals surface area contributed by atoms with Crippen LogP contribution in [-0.2, 0) is 0 Å². The van der Waals surface area contributed by atoms with Gasteiger partial charge in [-0.05, 0) is 93.3 Å². The molecule has 10 rings (SSSR count). The number of furan rings is 1. The van der Waals surface area contributed by atoms with Crippen molar-refractivity contribution >= 4 is 92.1 Å². The van der Waals surface area contributed by atoms with E-state index in [0.717, 1.165) is 39.0 Å². The number of benzene rings is 8. The fourth-order valence-corrected chi connectivity index (χ4v) is 8.43. The van der Waals surface area contributed by atoms with E-state index in [1.54, 1.807) is 0 Å². The van der Waals surface area contributed by atoms with Crippen molar-refractivity contribution in [1.29, 1.82) is 0 Å². The number of rotatable bonds is 4. The van der Waals surface area contributed by atoms with Crippen molar-refractivity contribution < 1.29 is 4.42 Å². The van der Waals surface area contributed by atoms with Crippen molar-refractivity contribution in [3.63, 3.8) is 0 Å². The van der Waals surface area contributed by atoms with Gasteiger partial charge >= 0.3 is 0 Å². The highest BCUT2D eigenvalue weighted by Gasteiger charge is 2.16. The SMILES string of the molecule is c1ccc(N(c2ccc(-c3cccc4c3sc3ccccc34)cc2)c2ccc3ccc4cc5oc6ccccc6c5cc4c3c2)cc1. The molecule has 0 aliphatic carbocycles. The van der Waals surface area contributed by atoms with Gasteiger partial charge in [0.15, 0.2) is 0 Å². The van der Waals surface area contributed by atoms with Crippen molar-refractivity contribution in [3.8, 4) is 11.1 Å². The van der Waals surface area contributed by atoms with E-state index in [1.165, 1.54) is 52.8 Å². The minimum Gasteiger partial charge on any atom is -0.456 e. The molecular formula is C44H27NOS. The number of hydrogen-bond acceptors (Lipinski definition) is 3. The predicted molar refractivity (Wildman–Crippen MR) is 202 cm³/mol. The van der Waals surface area contributed by atoms with Crippen LogP contribution < -0.4 is 4.90 Å². The summed E-state index contributed by atoms with van der Waals surface area (Å²) in [7, 11) is 0. The molecule has 0 bridgehead atoms. The maximum atomic E-state index is 6.22. The monoisotopic (exact) mass is 617 g/mol. The van der Waals surface area contributed by atoms with Gasteiger partial charge in [-0.3, -0.25) is 0 Å². The molecule has 0 N–H and O–H groups in total. The molecule has 0 unspecified atom stereocenters. The second-order valence-corrected chi connectivity index (χ2v) is 13.2. The molecule has 0 atom stereocenters. The van der Waals surface area contributed by atoms with E-state index in [4.69, 9.17) is 4.42 Å². The molecule has 0 spiro atoms. The number of nitrogens with zero attached hydrogens (tertiary/aromatic N) is 1. The summed E-state index contributed by atoms with van der Waals surface area (Å²) in [6.45, 7) is 0. The van der Waals surface area contributed by atoms with Crippen molar-refractivity contribution in [2.75, 3.05) is 4.90 Å². The molecule has 0 aliphatic rings. The smallest absolute Gasteiger partial charge is 0.136 e. The molecule has 0 radical (unpaired) electrons. The lowest BCUT2D eigenvalue weighted by Gasteiger charge is -2.26. The average Bonchev–Trinajstić information content (AvgIpc) is 3.70. The van der Waals surface area contributed by atoms with Crippen LogP contribution in [0.25, 0.3) is 74.8 Å². The van der Waals surface area contributed by atoms with Crippen molar-refractivity contribution in [3.05, 3.63) is 164 Å². The summed E-state index contributed by atoms with van der Waals surface area (Å²) in [4.78, 5) is 2.36. The molecule has 0 aliphatic heterocycles. The van der Waals surface area contributed by atoms with E-state index >= 15 is 0 Å². The van der Waals surface area contributed by atoms with Crippen LogP contribution in [-0.4, -0.2) is 0 Å². The Balaban J connectivity index is 1.13. The Morgan fingerprint density at radius 2 is 1.09 bits per heavy atom. The van der Waals surface area contributed by atoms with Gasteiger partial charge in [-0.15, -0.1) is 11.3 Å². The Morgan fingerprint density at radius 3 is 1.98 bits per heavy atom. The van der Waals surface area contributed by atoms with E-state index in [9.17, 15) is 0 Å². The normalized spacial score (nSPS) is 11.8. The van der Waals surface area contributed by atoms with Gasteiger partial charge < -0.3 is 9.32 Å². The van der Waals surface area contributed by atoms with E-state index < -0.39 is 0 Å². The molecule has 10 aromatic rings. The van der Waals surface area contributed by atoms with Crippen LogP contribution in [0.3, 0.4) is 0 Å². The Kier molecular flexibility index (Phi) is 5.78. The van der Waals surface area contributed by atoms with Crippen LogP contribution in [0, 0.1) is 0 Å². The largest absolute Gasteiger partial charge is 0.456 e. The molecule has 47 heavy (non-hydrogen) atoms. The van der Waals surface area contributed by atoms with Gasteiger partial charge in [0.25, 0.3) is 0 Å². The highest BCUT2D eigenvalue weighted by Crippen LogP contribution is 2.42. The molecule has 0 saturated heterocycles. The van der Waals surface area contributed by atoms with Crippen molar-refractivity contribution in [1.82, 2.24) is 0 Å². The zero-order valence-electron chi connectivity index (χ0n) is 25.4. The highest BCUT2D eigenvalue weighted by atomic mass is 32.1. The van der Waals surface area contributed by atoms with Gasteiger partial charge in [0.05, 0.1) is 0 Å². The first-order chi connectivity index (χ1) is 23.3. The first-order valence-electron chi connectivity index (χ1n) is 15.9. The van der Waals surface area contributed by atoms with Gasteiger partial charge in [0.2, 0.25) is 0 Å². The van der Waals surface area contributed by atoms with Crippen molar-refractivity contribution in [2.45, 2.75) is 0 Å². The van der Waals surface area contributed by atoms with E-state index in [0.29, 0.717) is 0 Å². The first-order valence-corrected chi connectivity index (χ1v) is 16.7. The maximum absolute atomic E-state index is 6.22. The quantitative estimate of drug-likeness (QED) is 0.183. The number of anilines is 3. The first kappa shape index (κ1) is 26.3. The fourth-order valence-electron chi connectivity index (χ4n) is 7.19. The Bertz CT molecular complexity index is 2790. The van der Waals surface area contributed by atoms with E-state index in [-0.39, 0.29) is 0 Å².